The lowest BCUT2D eigenvalue weighted by atomic mass is 10.8. The molecular weight excluding hydrogens is 215 g/mol. The Morgan fingerprint density at radius 3 is 2.46 bits per heavy atom. The molecule has 0 rings (SSSR count). The summed E-state index contributed by atoms with van der Waals surface area (Å²) < 4.78 is 39.9. The van der Waals surface area contributed by atoms with Gasteiger partial charge in [-0.05, 0) is 6.92 Å². The van der Waals surface area contributed by atoms with E-state index < -0.39 is 29.9 Å². The highest BCUT2D eigenvalue weighted by Crippen LogP contribution is 2.30. The van der Waals surface area contributed by atoms with Gasteiger partial charge in [0.1, 0.15) is 6.61 Å². The van der Waals surface area contributed by atoms with Crippen molar-refractivity contribution >= 4 is 18.6 Å². The summed E-state index contributed by atoms with van der Waals surface area (Å²) in [7, 11) is -3.67. The maximum atomic E-state index is 11.2. The molecule has 13 heavy (non-hydrogen) atoms. The first kappa shape index (κ1) is 12.5. The fourth-order valence-corrected chi connectivity index (χ4v) is 1.65. The second kappa shape index (κ2) is 4.68. The van der Waals surface area contributed by atoms with Crippen LogP contribution in [0, 0.1) is 12.3 Å². The number of rotatable bonds is 5. The van der Waals surface area contributed by atoms with Crippen molar-refractivity contribution in [1.82, 2.24) is 0 Å². The molecule has 0 aliphatic carbocycles. The Morgan fingerprint density at radius 2 is 2.15 bits per heavy atom. The highest BCUT2D eigenvalue weighted by atomic mass is 32.2. The van der Waals surface area contributed by atoms with Crippen molar-refractivity contribution in [3.63, 3.8) is 0 Å². The number of ether oxygens (including phenoxy) is 1. The number of hydrogen-bond donors (Lipinski definition) is 0. The highest BCUT2D eigenvalue weighted by Gasteiger charge is 2.42. The van der Waals surface area contributed by atoms with Gasteiger partial charge in [-0.25, -0.2) is 0 Å². The lowest BCUT2D eigenvalue weighted by Gasteiger charge is -2.18. The zero-order chi connectivity index (χ0) is 10.5. The molecular formula is C6H9O5PS. The Kier molecular flexibility index (Phi) is 4.51. The second-order valence-corrected chi connectivity index (χ2v) is 5.38. The van der Waals surface area contributed by atoms with Crippen LogP contribution in [0.15, 0.2) is 0 Å². The molecule has 0 N–H and O–H groups in total. The lowest BCUT2D eigenvalue weighted by molar-refractivity contribution is 0.131. The Morgan fingerprint density at radius 1 is 1.62 bits per heavy atom. The molecule has 1 unspecified atom stereocenters. The minimum atomic E-state index is -4.07. The summed E-state index contributed by atoms with van der Waals surface area (Å²) in [6.07, 6.45) is 4.80. The first-order valence-corrected chi connectivity index (χ1v) is 5.37. The molecule has 74 valence electrons. The molecule has 7 heteroatoms. The summed E-state index contributed by atoms with van der Waals surface area (Å²) in [5, 5.41) is 0. The Labute approximate surface area is 78.7 Å². The Bertz CT molecular complexity index is 316. The fraction of sp³-hybridized carbons (Fsp3) is 0.667. The summed E-state index contributed by atoms with van der Waals surface area (Å²) in [4.78, 5) is 0. The fourth-order valence-electron chi connectivity index (χ4n) is 0.406. The molecule has 0 saturated heterocycles. The molecule has 0 aliphatic rings. The van der Waals surface area contributed by atoms with Crippen molar-refractivity contribution in [3.05, 3.63) is 0 Å². The summed E-state index contributed by atoms with van der Waals surface area (Å²) in [5.74, 6) is 1.98. The molecule has 1 atom stereocenters. The minimum Gasteiger partial charge on any atom is -0.351 e. The van der Waals surface area contributed by atoms with Crippen LogP contribution in [0.25, 0.3) is 0 Å². The van der Waals surface area contributed by atoms with Crippen LogP contribution in [0.1, 0.15) is 6.92 Å². The summed E-state index contributed by atoms with van der Waals surface area (Å²) in [6, 6.07) is 0. The van der Waals surface area contributed by atoms with E-state index in [-0.39, 0.29) is 0 Å². The number of methoxy groups -OCH3 is 1. The quantitative estimate of drug-likeness (QED) is 0.388. The monoisotopic (exact) mass is 224 g/mol. The van der Waals surface area contributed by atoms with Crippen LogP contribution in [0.3, 0.4) is 0 Å². The van der Waals surface area contributed by atoms with Gasteiger partial charge in [0.15, 0.2) is 0 Å². The van der Waals surface area contributed by atoms with Gasteiger partial charge in [0, 0.05) is 7.11 Å². The van der Waals surface area contributed by atoms with Crippen LogP contribution in [-0.4, -0.2) is 26.8 Å². The van der Waals surface area contributed by atoms with Gasteiger partial charge in [0.2, 0.25) is 8.46 Å². The van der Waals surface area contributed by atoms with Crippen LogP contribution in [0.5, 0.6) is 0 Å². The lowest BCUT2D eigenvalue weighted by Crippen LogP contribution is -2.33. The van der Waals surface area contributed by atoms with E-state index in [0.29, 0.717) is 0 Å². The topological polar surface area (TPSA) is 69.7 Å². The summed E-state index contributed by atoms with van der Waals surface area (Å²) in [6.45, 7) is 0.713. The SMILES string of the molecule is C#CCOS(=O)(=O)C(C)(OC)P=O. The van der Waals surface area contributed by atoms with Crippen molar-refractivity contribution in [2.75, 3.05) is 13.7 Å². The van der Waals surface area contributed by atoms with Gasteiger partial charge in [0.05, 0.1) is 0 Å². The molecule has 0 spiro atoms. The molecule has 0 fully saturated rings. The van der Waals surface area contributed by atoms with Gasteiger partial charge in [-0.2, -0.15) is 8.42 Å². The number of terminal acetylenes is 1. The Balaban J connectivity index is 4.82. The van der Waals surface area contributed by atoms with Crippen molar-refractivity contribution in [3.8, 4) is 12.3 Å². The molecule has 0 aliphatic heterocycles. The van der Waals surface area contributed by atoms with Gasteiger partial charge >= 0.3 is 10.1 Å². The van der Waals surface area contributed by atoms with Crippen molar-refractivity contribution in [2.45, 2.75) is 11.6 Å². The molecule has 5 nitrogen and oxygen atoms in total. The van der Waals surface area contributed by atoms with Crippen molar-refractivity contribution < 1.29 is 21.9 Å². The van der Waals surface area contributed by atoms with Crippen molar-refractivity contribution in [1.29, 1.82) is 0 Å². The van der Waals surface area contributed by atoms with Crippen LogP contribution in [-0.2, 0) is 23.6 Å². The van der Waals surface area contributed by atoms with E-state index in [1.54, 1.807) is 0 Å². The predicted octanol–water partition coefficient (Wildman–Crippen LogP) is 0.578. The van der Waals surface area contributed by atoms with Crippen molar-refractivity contribution in [2.24, 2.45) is 0 Å². The van der Waals surface area contributed by atoms with E-state index in [0.717, 1.165) is 14.0 Å². The van der Waals surface area contributed by atoms with Crippen LogP contribution < -0.4 is 0 Å². The maximum Gasteiger partial charge on any atom is 0.310 e. The van der Waals surface area contributed by atoms with Crippen LogP contribution in [0.2, 0.25) is 0 Å². The van der Waals surface area contributed by atoms with Gasteiger partial charge in [-0.3, -0.25) is 8.75 Å². The zero-order valence-corrected chi connectivity index (χ0v) is 8.89. The van der Waals surface area contributed by atoms with E-state index >= 15 is 0 Å². The molecule has 0 heterocycles. The normalized spacial score (nSPS) is 16.4. The molecule has 0 aromatic heterocycles. The maximum absolute atomic E-state index is 11.2. The second-order valence-electron chi connectivity index (χ2n) is 2.11. The number of hydrogen-bond acceptors (Lipinski definition) is 5. The molecule has 0 bridgehead atoms. The standard InChI is InChI=1S/C6H9O5PS/c1-4-5-11-13(8,9)6(2,10-3)12-7/h1H,5H2,2-3H3. The average Bonchev–Trinajstić information content (AvgIpc) is 2.13. The van der Waals surface area contributed by atoms with E-state index in [1.807, 2.05) is 5.92 Å². The van der Waals surface area contributed by atoms with Crippen LogP contribution in [0.4, 0.5) is 0 Å². The first-order chi connectivity index (χ1) is 5.93. The van der Waals surface area contributed by atoms with E-state index in [2.05, 4.69) is 8.92 Å². The van der Waals surface area contributed by atoms with Gasteiger partial charge in [-0.1, -0.05) is 5.92 Å². The zero-order valence-electron chi connectivity index (χ0n) is 7.18. The van der Waals surface area contributed by atoms with E-state index in [9.17, 15) is 13.0 Å². The summed E-state index contributed by atoms with van der Waals surface area (Å²) >= 11 is 0. The molecule has 0 radical (unpaired) electrons. The first-order valence-electron chi connectivity index (χ1n) is 3.15. The molecule has 0 saturated carbocycles. The van der Waals surface area contributed by atoms with Gasteiger partial charge < -0.3 is 4.74 Å². The molecule has 0 aromatic carbocycles. The highest BCUT2D eigenvalue weighted by molar-refractivity contribution is 7.92. The van der Waals surface area contributed by atoms with Gasteiger partial charge in [0.25, 0.3) is 4.67 Å². The van der Waals surface area contributed by atoms with E-state index in [4.69, 9.17) is 6.42 Å². The third-order valence-corrected chi connectivity index (χ3v) is 4.24. The molecule has 0 amide bonds. The van der Waals surface area contributed by atoms with Crippen LogP contribution >= 0.6 is 8.46 Å². The predicted molar refractivity (Wildman–Crippen MR) is 46.7 cm³/mol. The summed E-state index contributed by atoms with van der Waals surface area (Å²) in [5.41, 5.74) is 0. The molecule has 0 aromatic rings. The third-order valence-electron chi connectivity index (χ3n) is 1.31. The average molecular weight is 224 g/mol. The van der Waals surface area contributed by atoms with Gasteiger partial charge in [-0.15, -0.1) is 6.42 Å². The third kappa shape index (κ3) is 2.75. The van der Waals surface area contributed by atoms with E-state index in [1.165, 1.54) is 0 Å². The smallest absolute Gasteiger partial charge is 0.310 e. The minimum absolute atomic E-state index is 0.406. The Hall–Kier alpha value is -0.470. The largest absolute Gasteiger partial charge is 0.351 e.